The Bertz CT molecular complexity index is 617. The summed E-state index contributed by atoms with van der Waals surface area (Å²) >= 11 is 0. The molecule has 0 bridgehead atoms. The number of aryl methyl sites for hydroxylation is 1. The maximum Gasteiger partial charge on any atom is 0.460 e. The van der Waals surface area contributed by atoms with Gasteiger partial charge in [-0.1, -0.05) is 0 Å². The van der Waals surface area contributed by atoms with Crippen molar-refractivity contribution in [3.05, 3.63) is 35.1 Å². The summed E-state index contributed by atoms with van der Waals surface area (Å²) in [5, 5.41) is 0. The lowest BCUT2D eigenvalue weighted by Crippen LogP contribution is -2.63. The molecule has 0 heterocycles. The van der Waals surface area contributed by atoms with E-state index in [2.05, 4.69) is 0 Å². The van der Waals surface area contributed by atoms with Crippen LogP contribution in [0.15, 0.2) is 18.2 Å². The molecule has 0 radical (unpaired) electrons. The van der Waals surface area contributed by atoms with Gasteiger partial charge in [0.2, 0.25) is 5.78 Å². The Morgan fingerprint density at radius 1 is 0.870 bits per heavy atom. The first kappa shape index (κ1) is 19.2. The van der Waals surface area contributed by atoms with E-state index in [9.17, 15) is 48.7 Å². The van der Waals surface area contributed by atoms with Crippen LogP contribution < -0.4 is 0 Å². The minimum Gasteiger partial charge on any atom is -0.287 e. The number of Topliss-reactive ketones (excluding diaryl/α,β-unsaturated/α-hetero) is 1. The topological polar surface area (TPSA) is 17.1 Å². The molecule has 0 fully saturated rings. The van der Waals surface area contributed by atoms with Crippen LogP contribution in [-0.4, -0.2) is 29.7 Å². The first-order valence-corrected chi connectivity index (χ1v) is 5.58. The molecule has 1 aromatic carbocycles. The van der Waals surface area contributed by atoms with Gasteiger partial charge in [0.05, 0.1) is 0 Å². The highest BCUT2D eigenvalue weighted by Crippen LogP contribution is 2.53. The van der Waals surface area contributed by atoms with E-state index < -0.39 is 46.7 Å². The van der Waals surface area contributed by atoms with Crippen molar-refractivity contribution in [2.75, 3.05) is 0 Å². The number of halogens is 10. The second-order valence-electron chi connectivity index (χ2n) is 4.51. The Kier molecular flexibility index (Phi) is 4.50. The zero-order valence-corrected chi connectivity index (χ0v) is 10.9. The van der Waals surface area contributed by atoms with E-state index in [0.717, 1.165) is 6.92 Å². The second kappa shape index (κ2) is 5.38. The molecule has 0 spiro atoms. The van der Waals surface area contributed by atoms with Crippen LogP contribution >= 0.6 is 0 Å². The van der Waals surface area contributed by atoms with Crippen molar-refractivity contribution in [3.8, 4) is 0 Å². The van der Waals surface area contributed by atoms with Crippen molar-refractivity contribution >= 4 is 5.78 Å². The maximum absolute atomic E-state index is 13.4. The second-order valence-corrected chi connectivity index (χ2v) is 4.51. The van der Waals surface area contributed by atoms with Gasteiger partial charge in [-0.3, -0.25) is 4.79 Å². The SMILES string of the molecule is Cc1cc(C(=O)C(F)(F)C(F)(F)C(F)(F)C(F)(F)F)ccc1F. The zero-order chi connectivity index (χ0) is 18.4. The third-order valence-corrected chi connectivity index (χ3v) is 2.85. The lowest BCUT2D eigenvalue weighted by Gasteiger charge is -2.32. The standard InChI is InChI=1S/C12H6F10O/c1-5-4-6(2-3-7(5)13)8(23)9(14,15)10(16,17)11(18,19)12(20,21)22/h2-4H,1H3. The number of hydrogen-bond donors (Lipinski definition) is 0. The fourth-order valence-corrected chi connectivity index (χ4v) is 1.48. The largest absolute Gasteiger partial charge is 0.460 e. The van der Waals surface area contributed by atoms with Crippen LogP contribution in [0.5, 0.6) is 0 Å². The summed E-state index contributed by atoms with van der Waals surface area (Å²) in [6.45, 7) is 0.937. The van der Waals surface area contributed by atoms with Crippen molar-refractivity contribution in [2.24, 2.45) is 0 Å². The third kappa shape index (κ3) is 2.88. The van der Waals surface area contributed by atoms with Crippen LogP contribution in [0.4, 0.5) is 43.9 Å². The predicted molar refractivity (Wildman–Crippen MR) is 56.4 cm³/mol. The molecule has 1 nitrogen and oxygen atoms in total. The molecule has 130 valence electrons. The minimum absolute atomic E-state index is 0.264. The molecular formula is C12H6F10O. The summed E-state index contributed by atoms with van der Waals surface area (Å²) in [7, 11) is 0. The first-order chi connectivity index (χ1) is 10.1. The van der Waals surface area contributed by atoms with Crippen molar-refractivity contribution in [2.45, 2.75) is 30.9 Å². The van der Waals surface area contributed by atoms with Crippen molar-refractivity contribution in [1.29, 1.82) is 0 Å². The molecule has 0 atom stereocenters. The van der Waals surface area contributed by atoms with Gasteiger partial charge in [0.1, 0.15) is 5.82 Å². The van der Waals surface area contributed by atoms with Gasteiger partial charge in [-0.25, -0.2) is 4.39 Å². The fourth-order valence-electron chi connectivity index (χ4n) is 1.48. The van der Waals surface area contributed by atoms with Crippen LogP contribution in [0, 0.1) is 12.7 Å². The molecule has 0 aliphatic carbocycles. The molecule has 0 aliphatic rings. The van der Waals surface area contributed by atoms with Crippen LogP contribution in [0.1, 0.15) is 15.9 Å². The highest BCUT2D eigenvalue weighted by molar-refractivity contribution is 6.02. The number of carbonyl (C=O) groups excluding carboxylic acids is 1. The van der Waals surface area contributed by atoms with Gasteiger partial charge in [0, 0.05) is 5.56 Å². The molecule has 23 heavy (non-hydrogen) atoms. The van der Waals surface area contributed by atoms with E-state index in [1.165, 1.54) is 0 Å². The minimum atomic E-state index is -7.16. The Balaban J connectivity index is 3.38. The molecule has 1 rings (SSSR count). The molecule has 0 saturated heterocycles. The van der Waals surface area contributed by atoms with E-state index in [1.54, 1.807) is 0 Å². The monoisotopic (exact) mass is 356 g/mol. The fraction of sp³-hybridized carbons (Fsp3) is 0.417. The van der Waals surface area contributed by atoms with E-state index in [0.29, 0.717) is 12.1 Å². The van der Waals surface area contributed by atoms with Gasteiger partial charge in [0.15, 0.2) is 0 Å². The summed E-state index contributed by atoms with van der Waals surface area (Å²) in [5.74, 6) is -24.6. The van der Waals surface area contributed by atoms with E-state index in [4.69, 9.17) is 0 Å². The molecule has 0 aliphatic heterocycles. The molecular weight excluding hydrogens is 350 g/mol. The summed E-state index contributed by atoms with van der Waals surface area (Å²) in [4.78, 5) is 11.3. The Morgan fingerprint density at radius 3 is 1.74 bits per heavy atom. The lowest BCUT2D eigenvalue weighted by molar-refractivity contribution is -0.386. The van der Waals surface area contributed by atoms with Gasteiger partial charge in [-0.2, -0.15) is 39.5 Å². The third-order valence-electron chi connectivity index (χ3n) is 2.85. The number of hydrogen-bond acceptors (Lipinski definition) is 1. The smallest absolute Gasteiger partial charge is 0.287 e. The highest BCUT2D eigenvalue weighted by Gasteiger charge is 2.83. The van der Waals surface area contributed by atoms with Crippen molar-refractivity contribution in [1.82, 2.24) is 0 Å². The molecule has 0 unspecified atom stereocenters. The van der Waals surface area contributed by atoms with Crippen molar-refractivity contribution < 1.29 is 48.7 Å². The number of benzene rings is 1. The van der Waals surface area contributed by atoms with E-state index in [1.807, 2.05) is 0 Å². The number of ketones is 1. The van der Waals surface area contributed by atoms with Gasteiger partial charge in [0.25, 0.3) is 0 Å². The number of alkyl halides is 9. The van der Waals surface area contributed by atoms with Crippen LogP contribution in [0.3, 0.4) is 0 Å². The van der Waals surface area contributed by atoms with Gasteiger partial charge in [-0.05, 0) is 30.7 Å². The Hall–Kier alpha value is -1.81. The summed E-state index contributed by atoms with van der Waals surface area (Å²) in [5.41, 5.74) is -1.82. The molecule has 0 aromatic heterocycles. The van der Waals surface area contributed by atoms with Crippen LogP contribution in [0.2, 0.25) is 0 Å². The highest BCUT2D eigenvalue weighted by atomic mass is 19.4. The molecule has 0 saturated carbocycles. The molecule has 0 amide bonds. The normalized spacial score (nSPS) is 14.0. The van der Waals surface area contributed by atoms with Crippen molar-refractivity contribution in [3.63, 3.8) is 0 Å². The average Bonchev–Trinajstić information content (AvgIpc) is 2.39. The van der Waals surface area contributed by atoms with Gasteiger partial charge < -0.3 is 0 Å². The van der Waals surface area contributed by atoms with E-state index >= 15 is 0 Å². The molecule has 0 N–H and O–H groups in total. The first-order valence-electron chi connectivity index (χ1n) is 5.58. The average molecular weight is 356 g/mol. The van der Waals surface area contributed by atoms with E-state index in [-0.39, 0.29) is 6.07 Å². The summed E-state index contributed by atoms with van der Waals surface area (Å²) in [6, 6.07) is 0.993. The van der Waals surface area contributed by atoms with Gasteiger partial charge in [-0.15, -0.1) is 0 Å². The lowest BCUT2D eigenvalue weighted by atomic mass is 9.95. The van der Waals surface area contributed by atoms with Crippen LogP contribution in [0.25, 0.3) is 0 Å². The Labute approximate surface area is 121 Å². The molecule has 1 aromatic rings. The summed E-state index contributed by atoms with van der Waals surface area (Å²) < 4.78 is 127. The maximum atomic E-state index is 13.4. The molecule has 11 heteroatoms. The number of carbonyl (C=O) groups is 1. The predicted octanol–water partition coefficient (Wildman–Crippen LogP) is 4.79. The Morgan fingerprint density at radius 2 is 1.35 bits per heavy atom. The van der Waals surface area contributed by atoms with Gasteiger partial charge >= 0.3 is 23.9 Å². The quantitative estimate of drug-likeness (QED) is 0.560. The van der Waals surface area contributed by atoms with Crippen LogP contribution in [-0.2, 0) is 0 Å². The summed E-state index contributed by atoms with van der Waals surface area (Å²) in [6.07, 6.45) is -7.01. The zero-order valence-electron chi connectivity index (χ0n) is 10.9. The number of rotatable bonds is 4.